The van der Waals surface area contributed by atoms with Crippen LogP contribution >= 0.6 is 23.4 Å². The van der Waals surface area contributed by atoms with Crippen LogP contribution in [-0.4, -0.2) is 34.0 Å². The van der Waals surface area contributed by atoms with E-state index in [-0.39, 0.29) is 18.9 Å². The first-order valence-corrected chi connectivity index (χ1v) is 9.07. The zero-order valence-electron chi connectivity index (χ0n) is 14.3. The van der Waals surface area contributed by atoms with Crippen LogP contribution < -0.4 is 5.32 Å². The van der Waals surface area contributed by atoms with Crippen molar-refractivity contribution in [2.24, 2.45) is 7.05 Å². The number of esters is 1. The SMILES string of the molecule is Cc1nn(C)c(C)c1NC(=O)COC(=O)CCSc1ccc(Cl)cc1. The molecule has 134 valence electrons. The third-order valence-corrected chi connectivity index (χ3v) is 4.79. The van der Waals surface area contributed by atoms with Crippen LogP contribution in [0.5, 0.6) is 0 Å². The van der Waals surface area contributed by atoms with Gasteiger partial charge in [-0.2, -0.15) is 5.10 Å². The first-order chi connectivity index (χ1) is 11.9. The van der Waals surface area contributed by atoms with Crippen LogP contribution in [0.15, 0.2) is 29.2 Å². The van der Waals surface area contributed by atoms with Gasteiger partial charge in [-0.1, -0.05) is 11.6 Å². The molecule has 0 unspecified atom stereocenters. The monoisotopic (exact) mass is 381 g/mol. The number of thioether (sulfide) groups is 1. The Hall–Kier alpha value is -1.99. The maximum atomic E-state index is 11.9. The molecule has 2 aromatic rings. The number of hydrogen-bond donors (Lipinski definition) is 1. The van der Waals surface area contributed by atoms with Gasteiger partial charge in [-0.25, -0.2) is 0 Å². The van der Waals surface area contributed by atoms with Gasteiger partial charge in [-0.3, -0.25) is 14.3 Å². The highest BCUT2D eigenvalue weighted by Gasteiger charge is 2.14. The molecule has 1 amide bonds. The second kappa shape index (κ2) is 8.92. The van der Waals surface area contributed by atoms with E-state index in [1.165, 1.54) is 11.8 Å². The van der Waals surface area contributed by atoms with Crippen molar-refractivity contribution >= 4 is 40.9 Å². The summed E-state index contributed by atoms with van der Waals surface area (Å²) in [5.74, 6) is -0.211. The number of rotatable bonds is 7. The van der Waals surface area contributed by atoms with E-state index < -0.39 is 5.97 Å². The van der Waals surface area contributed by atoms with Gasteiger partial charge in [0.2, 0.25) is 0 Å². The van der Waals surface area contributed by atoms with Crippen molar-refractivity contribution in [2.45, 2.75) is 25.2 Å². The Kier molecular flexibility index (Phi) is 6.90. The predicted molar refractivity (Wildman–Crippen MR) is 99.1 cm³/mol. The van der Waals surface area contributed by atoms with E-state index in [0.29, 0.717) is 16.5 Å². The van der Waals surface area contributed by atoms with E-state index in [1.54, 1.807) is 23.9 Å². The van der Waals surface area contributed by atoms with Gasteiger partial charge in [0, 0.05) is 22.7 Å². The van der Waals surface area contributed by atoms with Crippen LogP contribution in [0, 0.1) is 13.8 Å². The molecule has 2 rings (SSSR count). The molecular weight excluding hydrogens is 362 g/mol. The average molecular weight is 382 g/mol. The molecule has 0 atom stereocenters. The summed E-state index contributed by atoms with van der Waals surface area (Å²) >= 11 is 7.35. The van der Waals surface area contributed by atoms with Crippen molar-refractivity contribution in [1.29, 1.82) is 0 Å². The second-order valence-corrected chi connectivity index (χ2v) is 7.04. The van der Waals surface area contributed by atoms with E-state index in [1.807, 2.05) is 26.0 Å². The summed E-state index contributed by atoms with van der Waals surface area (Å²) in [5.41, 5.74) is 2.22. The Bertz CT molecular complexity index is 759. The van der Waals surface area contributed by atoms with Gasteiger partial charge in [0.25, 0.3) is 5.91 Å². The average Bonchev–Trinajstić information content (AvgIpc) is 2.81. The number of halogens is 1. The lowest BCUT2D eigenvalue weighted by molar-refractivity contribution is -0.146. The fraction of sp³-hybridized carbons (Fsp3) is 0.353. The smallest absolute Gasteiger partial charge is 0.307 e. The largest absolute Gasteiger partial charge is 0.456 e. The molecule has 0 bridgehead atoms. The van der Waals surface area contributed by atoms with Gasteiger partial charge < -0.3 is 10.1 Å². The molecule has 8 heteroatoms. The standard InChI is InChI=1S/C17H20ClN3O3S/c1-11-17(12(2)21(3)20-11)19-15(22)10-24-16(23)8-9-25-14-6-4-13(18)5-7-14/h4-7H,8-10H2,1-3H3,(H,19,22). The second-order valence-electron chi connectivity index (χ2n) is 5.43. The number of hydrogen-bond acceptors (Lipinski definition) is 5. The number of nitrogens with one attached hydrogen (secondary N) is 1. The molecule has 1 aromatic heterocycles. The van der Waals surface area contributed by atoms with Crippen LogP contribution in [0.25, 0.3) is 0 Å². The van der Waals surface area contributed by atoms with Gasteiger partial charge in [0.15, 0.2) is 6.61 Å². The number of aryl methyl sites for hydroxylation is 2. The minimum atomic E-state index is -0.406. The highest BCUT2D eigenvalue weighted by atomic mass is 35.5. The Morgan fingerprint density at radius 2 is 1.96 bits per heavy atom. The van der Waals surface area contributed by atoms with Crippen LogP contribution in [0.3, 0.4) is 0 Å². The third kappa shape index (κ3) is 5.79. The molecule has 1 N–H and O–H groups in total. The fourth-order valence-electron chi connectivity index (χ4n) is 2.13. The Morgan fingerprint density at radius 3 is 2.56 bits per heavy atom. The van der Waals surface area contributed by atoms with Crippen molar-refractivity contribution in [3.63, 3.8) is 0 Å². The van der Waals surface area contributed by atoms with Crippen molar-refractivity contribution in [1.82, 2.24) is 9.78 Å². The fourth-order valence-corrected chi connectivity index (χ4v) is 3.09. The zero-order valence-corrected chi connectivity index (χ0v) is 15.9. The summed E-state index contributed by atoms with van der Waals surface area (Å²) in [5, 5.41) is 7.62. The lowest BCUT2D eigenvalue weighted by Crippen LogP contribution is -2.21. The lowest BCUT2D eigenvalue weighted by Gasteiger charge is -2.07. The number of anilines is 1. The summed E-state index contributed by atoms with van der Waals surface area (Å²) in [7, 11) is 1.80. The molecule has 1 aromatic carbocycles. The summed E-state index contributed by atoms with van der Waals surface area (Å²) in [6.45, 7) is 3.36. The highest BCUT2D eigenvalue weighted by Crippen LogP contribution is 2.21. The number of aromatic nitrogens is 2. The van der Waals surface area contributed by atoms with Crippen molar-refractivity contribution < 1.29 is 14.3 Å². The van der Waals surface area contributed by atoms with Gasteiger partial charge in [0.1, 0.15) is 0 Å². The number of carbonyl (C=O) groups is 2. The molecule has 0 fully saturated rings. The molecular formula is C17H20ClN3O3S. The summed E-state index contributed by atoms with van der Waals surface area (Å²) in [6, 6.07) is 7.39. The maximum Gasteiger partial charge on any atom is 0.307 e. The summed E-state index contributed by atoms with van der Waals surface area (Å²) in [6.07, 6.45) is 0.228. The summed E-state index contributed by atoms with van der Waals surface area (Å²) in [4.78, 5) is 24.7. The zero-order chi connectivity index (χ0) is 18.4. The molecule has 6 nitrogen and oxygen atoms in total. The maximum absolute atomic E-state index is 11.9. The van der Waals surface area contributed by atoms with Gasteiger partial charge in [-0.15, -0.1) is 11.8 Å². The van der Waals surface area contributed by atoms with Crippen molar-refractivity contribution in [3.8, 4) is 0 Å². The first kappa shape index (κ1) is 19.3. The van der Waals surface area contributed by atoms with E-state index in [2.05, 4.69) is 10.4 Å². The van der Waals surface area contributed by atoms with Crippen LogP contribution in [0.1, 0.15) is 17.8 Å². The van der Waals surface area contributed by atoms with Gasteiger partial charge in [-0.05, 0) is 38.1 Å². The third-order valence-electron chi connectivity index (χ3n) is 3.53. The molecule has 0 aliphatic rings. The predicted octanol–water partition coefficient (Wildman–Crippen LogP) is 3.35. The number of nitrogens with zero attached hydrogens (tertiary/aromatic N) is 2. The molecule has 0 saturated carbocycles. The number of benzene rings is 1. The Morgan fingerprint density at radius 1 is 1.28 bits per heavy atom. The van der Waals surface area contributed by atoms with E-state index >= 15 is 0 Å². The molecule has 25 heavy (non-hydrogen) atoms. The molecule has 0 spiro atoms. The molecule has 0 aliphatic carbocycles. The first-order valence-electron chi connectivity index (χ1n) is 7.71. The minimum Gasteiger partial charge on any atom is -0.456 e. The van der Waals surface area contributed by atoms with Crippen LogP contribution in [0.4, 0.5) is 5.69 Å². The number of amides is 1. The number of ether oxygens (including phenoxy) is 1. The van der Waals surface area contributed by atoms with Gasteiger partial charge >= 0.3 is 5.97 Å². The van der Waals surface area contributed by atoms with Crippen LogP contribution in [-0.2, 0) is 21.4 Å². The molecule has 0 saturated heterocycles. The van der Waals surface area contributed by atoms with Crippen molar-refractivity contribution in [3.05, 3.63) is 40.7 Å². The van der Waals surface area contributed by atoms with E-state index in [4.69, 9.17) is 16.3 Å². The van der Waals surface area contributed by atoms with Gasteiger partial charge in [0.05, 0.1) is 23.5 Å². The normalized spacial score (nSPS) is 10.6. The molecule has 0 radical (unpaired) electrons. The molecule has 1 heterocycles. The Balaban J connectivity index is 1.70. The minimum absolute atomic E-state index is 0.228. The van der Waals surface area contributed by atoms with E-state index in [9.17, 15) is 9.59 Å². The van der Waals surface area contributed by atoms with Crippen molar-refractivity contribution in [2.75, 3.05) is 17.7 Å². The summed E-state index contributed by atoms with van der Waals surface area (Å²) < 4.78 is 6.69. The topological polar surface area (TPSA) is 73.2 Å². The Labute approximate surface area is 155 Å². The van der Waals surface area contributed by atoms with Crippen LogP contribution in [0.2, 0.25) is 5.02 Å². The van der Waals surface area contributed by atoms with E-state index in [0.717, 1.165) is 16.3 Å². The highest BCUT2D eigenvalue weighted by molar-refractivity contribution is 7.99. The lowest BCUT2D eigenvalue weighted by atomic mass is 10.3. The number of carbonyl (C=O) groups excluding carboxylic acids is 2. The quantitative estimate of drug-likeness (QED) is 0.588. The molecule has 0 aliphatic heterocycles.